The molecule has 8 heteroatoms. The van der Waals surface area contributed by atoms with E-state index in [2.05, 4.69) is 36.7 Å². The van der Waals surface area contributed by atoms with Crippen LogP contribution in [0.2, 0.25) is 0 Å². The molecule has 0 fully saturated rings. The Morgan fingerprint density at radius 1 is 1.40 bits per heavy atom. The second-order valence-corrected chi connectivity index (χ2v) is 5.14. The Bertz CT molecular complexity index is 684. The summed E-state index contributed by atoms with van der Waals surface area (Å²) in [6.45, 7) is 3.67. The molecule has 2 aromatic rings. The lowest BCUT2D eigenvalue weighted by molar-refractivity contribution is 0.0948. The Morgan fingerprint density at radius 3 is 2.60 bits per heavy atom. The SMILES string of the molecule is CC(=NNC(=O)c1nn(C)c(C)c1Br)c1ccnn1C. The van der Waals surface area contributed by atoms with Crippen molar-refractivity contribution in [2.45, 2.75) is 13.8 Å². The van der Waals surface area contributed by atoms with Gasteiger partial charge in [0.05, 0.1) is 21.6 Å². The van der Waals surface area contributed by atoms with E-state index in [1.165, 1.54) is 0 Å². The maximum absolute atomic E-state index is 12.0. The van der Waals surface area contributed by atoms with Gasteiger partial charge in [0.15, 0.2) is 5.69 Å². The first kappa shape index (κ1) is 14.4. The zero-order valence-corrected chi connectivity index (χ0v) is 13.3. The lowest BCUT2D eigenvalue weighted by Crippen LogP contribution is -2.21. The standard InChI is InChI=1S/C12H15BrN6O/c1-7(9-5-6-14-19(9)4)15-16-12(20)11-10(13)8(2)18(3)17-11/h5-6H,1-4H3,(H,16,20). The van der Waals surface area contributed by atoms with Gasteiger partial charge in [0.2, 0.25) is 0 Å². The lowest BCUT2D eigenvalue weighted by atomic mass is 10.3. The first-order chi connectivity index (χ1) is 9.41. The van der Waals surface area contributed by atoms with Gasteiger partial charge >= 0.3 is 0 Å². The first-order valence-electron chi connectivity index (χ1n) is 5.94. The van der Waals surface area contributed by atoms with Gasteiger partial charge in [-0.1, -0.05) is 0 Å². The number of nitrogens with zero attached hydrogens (tertiary/aromatic N) is 5. The smallest absolute Gasteiger partial charge is 0.271 e. The van der Waals surface area contributed by atoms with Crippen molar-refractivity contribution in [1.29, 1.82) is 0 Å². The summed E-state index contributed by atoms with van der Waals surface area (Å²) in [5, 5.41) is 12.3. The molecule has 0 aliphatic rings. The summed E-state index contributed by atoms with van der Waals surface area (Å²) in [5.41, 5.74) is 5.19. The number of nitrogens with one attached hydrogen (secondary N) is 1. The van der Waals surface area contributed by atoms with Gasteiger partial charge in [0.25, 0.3) is 5.91 Å². The average molecular weight is 339 g/mol. The van der Waals surface area contributed by atoms with Gasteiger partial charge < -0.3 is 0 Å². The summed E-state index contributed by atoms with van der Waals surface area (Å²) in [5.74, 6) is -0.359. The van der Waals surface area contributed by atoms with E-state index < -0.39 is 0 Å². The summed E-state index contributed by atoms with van der Waals surface area (Å²) in [6.07, 6.45) is 1.68. The summed E-state index contributed by atoms with van der Waals surface area (Å²) < 4.78 is 3.99. The number of hydrogen-bond acceptors (Lipinski definition) is 4. The molecule has 0 radical (unpaired) electrons. The van der Waals surface area contributed by atoms with Gasteiger partial charge in [-0.3, -0.25) is 14.2 Å². The van der Waals surface area contributed by atoms with E-state index in [9.17, 15) is 4.79 Å². The fourth-order valence-electron chi connectivity index (χ4n) is 1.70. The number of aryl methyl sites for hydroxylation is 2. The predicted octanol–water partition coefficient (Wildman–Crippen LogP) is 1.38. The Labute approximate surface area is 124 Å². The van der Waals surface area contributed by atoms with Crippen LogP contribution in [0, 0.1) is 6.92 Å². The third-order valence-electron chi connectivity index (χ3n) is 2.99. The molecule has 2 heterocycles. The molecule has 0 saturated carbocycles. The van der Waals surface area contributed by atoms with Crippen LogP contribution in [0.3, 0.4) is 0 Å². The van der Waals surface area contributed by atoms with Gasteiger partial charge in [0, 0.05) is 20.3 Å². The van der Waals surface area contributed by atoms with Crippen LogP contribution in [-0.2, 0) is 14.1 Å². The quantitative estimate of drug-likeness (QED) is 0.678. The summed E-state index contributed by atoms with van der Waals surface area (Å²) in [7, 11) is 3.59. The summed E-state index contributed by atoms with van der Waals surface area (Å²) in [4.78, 5) is 12.0. The molecular formula is C12H15BrN6O. The molecule has 20 heavy (non-hydrogen) atoms. The van der Waals surface area contributed by atoms with Crippen molar-refractivity contribution in [3.05, 3.63) is 33.8 Å². The van der Waals surface area contributed by atoms with Crippen molar-refractivity contribution < 1.29 is 4.79 Å². The van der Waals surface area contributed by atoms with Gasteiger partial charge in [-0.15, -0.1) is 0 Å². The molecule has 0 aliphatic carbocycles. The number of carbonyl (C=O) groups is 1. The minimum atomic E-state index is -0.359. The van der Waals surface area contributed by atoms with Crippen LogP contribution < -0.4 is 5.43 Å². The molecule has 1 amide bonds. The number of aromatic nitrogens is 4. The average Bonchev–Trinajstić information content (AvgIpc) is 2.95. The molecule has 0 bridgehead atoms. The van der Waals surface area contributed by atoms with Gasteiger partial charge in [-0.2, -0.15) is 15.3 Å². The van der Waals surface area contributed by atoms with Crippen LogP contribution >= 0.6 is 15.9 Å². The van der Waals surface area contributed by atoms with E-state index in [0.29, 0.717) is 15.9 Å². The zero-order valence-electron chi connectivity index (χ0n) is 11.7. The maximum Gasteiger partial charge on any atom is 0.293 e. The molecule has 0 unspecified atom stereocenters. The van der Waals surface area contributed by atoms with Gasteiger partial charge in [0.1, 0.15) is 0 Å². The van der Waals surface area contributed by atoms with E-state index >= 15 is 0 Å². The highest BCUT2D eigenvalue weighted by Crippen LogP contribution is 2.19. The molecule has 2 aromatic heterocycles. The highest BCUT2D eigenvalue weighted by Gasteiger charge is 2.17. The third kappa shape index (κ3) is 2.64. The van der Waals surface area contributed by atoms with E-state index in [0.717, 1.165) is 11.4 Å². The topological polar surface area (TPSA) is 77.1 Å². The Morgan fingerprint density at radius 2 is 2.10 bits per heavy atom. The monoisotopic (exact) mass is 338 g/mol. The molecule has 7 nitrogen and oxygen atoms in total. The summed E-state index contributed by atoms with van der Waals surface area (Å²) >= 11 is 3.35. The van der Waals surface area contributed by atoms with Crippen LogP contribution in [0.1, 0.15) is 28.8 Å². The van der Waals surface area contributed by atoms with E-state index in [-0.39, 0.29) is 5.91 Å². The van der Waals surface area contributed by atoms with Crippen molar-refractivity contribution in [3.63, 3.8) is 0 Å². The van der Waals surface area contributed by atoms with Crippen LogP contribution in [0.15, 0.2) is 21.8 Å². The molecule has 0 aromatic carbocycles. The first-order valence-corrected chi connectivity index (χ1v) is 6.73. The predicted molar refractivity (Wildman–Crippen MR) is 78.5 cm³/mol. The number of halogens is 1. The molecule has 106 valence electrons. The highest BCUT2D eigenvalue weighted by atomic mass is 79.9. The number of carbonyl (C=O) groups excluding carboxylic acids is 1. The van der Waals surface area contributed by atoms with Crippen LogP contribution in [-0.4, -0.2) is 31.2 Å². The van der Waals surface area contributed by atoms with E-state index in [4.69, 9.17) is 0 Å². The maximum atomic E-state index is 12.0. The lowest BCUT2D eigenvalue weighted by Gasteiger charge is -2.02. The molecule has 2 rings (SSSR count). The third-order valence-corrected chi connectivity index (χ3v) is 3.94. The molecule has 1 N–H and O–H groups in total. The molecule has 0 aliphatic heterocycles. The fourth-order valence-corrected chi connectivity index (χ4v) is 2.22. The molecule has 0 atom stereocenters. The molecule has 0 spiro atoms. The van der Waals surface area contributed by atoms with Crippen LogP contribution in [0.4, 0.5) is 0 Å². The number of rotatable bonds is 3. The van der Waals surface area contributed by atoms with Crippen molar-refractivity contribution in [3.8, 4) is 0 Å². The van der Waals surface area contributed by atoms with Gasteiger partial charge in [-0.05, 0) is 35.8 Å². The van der Waals surface area contributed by atoms with Crippen molar-refractivity contribution >= 4 is 27.5 Å². The Balaban J connectivity index is 2.16. The number of hydrazone groups is 1. The second-order valence-electron chi connectivity index (χ2n) is 4.35. The minimum Gasteiger partial charge on any atom is -0.271 e. The second kappa shape index (κ2) is 5.58. The zero-order chi connectivity index (χ0) is 14.9. The number of hydrogen-bond donors (Lipinski definition) is 1. The fraction of sp³-hybridized carbons (Fsp3) is 0.333. The minimum absolute atomic E-state index is 0.312. The van der Waals surface area contributed by atoms with Crippen molar-refractivity contribution in [1.82, 2.24) is 25.0 Å². The van der Waals surface area contributed by atoms with E-state index in [1.807, 2.05) is 20.0 Å². The largest absolute Gasteiger partial charge is 0.293 e. The molecular weight excluding hydrogens is 324 g/mol. The number of amides is 1. The van der Waals surface area contributed by atoms with Crippen molar-refractivity contribution in [2.24, 2.45) is 19.2 Å². The highest BCUT2D eigenvalue weighted by molar-refractivity contribution is 9.10. The Kier molecular flexibility index (Phi) is 4.03. The van der Waals surface area contributed by atoms with E-state index in [1.54, 1.807) is 29.5 Å². The normalized spacial score (nSPS) is 11.8. The Hall–Kier alpha value is -1.96. The van der Waals surface area contributed by atoms with Crippen LogP contribution in [0.25, 0.3) is 0 Å². The van der Waals surface area contributed by atoms with Crippen molar-refractivity contribution in [2.75, 3.05) is 0 Å². The summed E-state index contributed by atoms with van der Waals surface area (Å²) in [6, 6.07) is 1.83. The molecule has 0 saturated heterocycles. The van der Waals surface area contributed by atoms with Gasteiger partial charge in [-0.25, -0.2) is 5.43 Å². The van der Waals surface area contributed by atoms with Crippen LogP contribution in [0.5, 0.6) is 0 Å².